The molecule has 0 aliphatic carbocycles. The largest absolute Gasteiger partial charge is 0.489 e. The third kappa shape index (κ3) is 5.32. The van der Waals surface area contributed by atoms with Gasteiger partial charge in [0, 0.05) is 10.9 Å². The topological polar surface area (TPSA) is 68.7 Å². The Hall–Kier alpha value is -4.12. The zero-order valence-electron chi connectivity index (χ0n) is 17.6. The van der Waals surface area contributed by atoms with Gasteiger partial charge in [0.05, 0.1) is 11.2 Å². The van der Waals surface area contributed by atoms with E-state index in [0.717, 1.165) is 27.7 Å². The molecular formula is C27H23NO4. The van der Waals surface area contributed by atoms with E-state index >= 15 is 0 Å². The minimum Gasteiger partial charge on any atom is -0.489 e. The number of benzene rings is 3. The van der Waals surface area contributed by atoms with Crippen molar-refractivity contribution in [2.24, 2.45) is 0 Å². The molecule has 4 rings (SSSR count). The average molecular weight is 425 g/mol. The molecule has 160 valence electrons. The summed E-state index contributed by atoms with van der Waals surface area (Å²) in [5.41, 5.74) is 3.61. The molecule has 5 nitrogen and oxygen atoms in total. The standard InChI is InChI=1S/C27H23NO4/c1-19(27(29)30)32-26-12-5-3-9-22(26)18-31-24-10-6-7-20(17-24)13-15-23-16-14-21-8-2-4-11-25(21)28-23/h2-17,19H,18H2,1H3,(H,29,30). The lowest BCUT2D eigenvalue weighted by molar-refractivity contribution is -0.144. The summed E-state index contributed by atoms with van der Waals surface area (Å²) >= 11 is 0. The SMILES string of the molecule is CC(Oc1ccccc1COc1cccc(C=Cc2ccc3ccccc3n2)c1)C(=O)O. The van der Waals surface area contributed by atoms with Gasteiger partial charge in [0.25, 0.3) is 0 Å². The number of nitrogens with zero attached hydrogens (tertiary/aromatic N) is 1. The molecule has 0 spiro atoms. The first-order valence-electron chi connectivity index (χ1n) is 10.3. The van der Waals surface area contributed by atoms with Crippen LogP contribution in [0.15, 0.2) is 84.9 Å². The van der Waals surface area contributed by atoms with Crippen molar-refractivity contribution < 1.29 is 19.4 Å². The van der Waals surface area contributed by atoms with Gasteiger partial charge in [0.1, 0.15) is 18.1 Å². The van der Waals surface area contributed by atoms with Gasteiger partial charge in [0.15, 0.2) is 6.10 Å². The molecule has 1 unspecified atom stereocenters. The lowest BCUT2D eigenvalue weighted by atomic mass is 10.1. The molecule has 3 aromatic carbocycles. The van der Waals surface area contributed by atoms with Gasteiger partial charge in [0.2, 0.25) is 0 Å². The Kier molecular flexibility index (Phi) is 6.46. The van der Waals surface area contributed by atoms with Crippen molar-refractivity contribution >= 4 is 29.0 Å². The Labute approximate surface area is 186 Å². The molecule has 0 aliphatic rings. The van der Waals surface area contributed by atoms with Crippen molar-refractivity contribution in [2.75, 3.05) is 0 Å². The van der Waals surface area contributed by atoms with Crippen molar-refractivity contribution in [3.05, 3.63) is 102 Å². The van der Waals surface area contributed by atoms with Gasteiger partial charge in [-0.2, -0.15) is 0 Å². The molecule has 1 N–H and O–H groups in total. The zero-order chi connectivity index (χ0) is 22.3. The number of ether oxygens (including phenoxy) is 2. The highest BCUT2D eigenvalue weighted by Gasteiger charge is 2.14. The zero-order valence-corrected chi connectivity index (χ0v) is 17.6. The van der Waals surface area contributed by atoms with Crippen molar-refractivity contribution in [1.82, 2.24) is 4.98 Å². The maximum absolute atomic E-state index is 11.1. The molecule has 4 aromatic rings. The molecule has 0 radical (unpaired) electrons. The molecule has 0 saturated heterocycles. The monoisotopic (exact) mass is 425 g/mol. The van der Waals surface area contributed by atoms with Crippen LogP contribution in [0.3, 0.4) is 0 Å². The number of aromatic nitrogens is 1. The molecule has 1 heterocycles. The highest BCUT2D eigenvalue weighted by molar-refractivity contribution is 5.80. The summed E-state index contributed by atoms with van der Waals surface area (Å²) in [5.74, 6) is 0.196. The number of pyridine rings is 1. The van der Waals surface area contributed by atoms with Gasteiger partial charge in [-0.3, -0.25) is 0 Å². The van der Waals surface area contributed by atoms with Gasteiger partial charge >= 0.3 is 5.97 Å². The van der Waals surface area contributed by atoms with Crippen molar-refractivity contribution in [1.29, 1.82) is 0 Å². The van der Waals surface area contributed by atoms with Crippen LogP contribution in [0, 0.1) is 0 Å². The van der Waals surface area contributed by atoms with E-state index in [0.29, 0.717) is 11.5 Å². The number of carbonyl (C=O) groups is 1. The Morgan fingerprint density at radius 1 is 0.969 bits per heavy atom. The van der Waals surface area contributed by atoms with E-state index in [9.17, 15) is 4.79 Å². The molecule has 32 heavy (non-hydrogen) atoms. The third-order valence-corrected chi connectivity index (χ3v) is 4.94. The molecular weight excluding hydrogens is 402 g/mol. The van der Waals surface area contributed by atoms with E-state index in [1.54, 1.807) is 12.1 Å². The number of aliphatic carboxylic acids is 1. The number of rotatable bonds is 8. The van der Waals surface area contributed by atoms with Crippen LogP contribution in [0.25, 0.3) is 23.1 Å². The van der Waals surface area contributed by atoms with Crippen LogP contribution in [0.5, 0.6) is 11.5 Å². The summed E-state index contributed by atoms with van der Waals surface area (Å²) in [6, 6.07) is 27.1. The Morgan fingerprint density at radius 3 is 2.66 bits per heavy atom. The highest BCUT2D eigenvalue weighted by Crippen LogP contribution is 2.23. The quantitative estimate of drug-likeness (QED) is 0.384. The predicted octanol–water partition coefficient (Wildman–Crippen LogP) is 5.84. The first kappa shape index (κ1) is 21.1. The summed E-state index contributed by atoms with van der Waals surface area (Å²) < 4.78 is 11.5. The van der Waals surface area contributed by atoms with E-state index in [2.05, 4.69) is 11.1 Å². The van der Waals surface area contributed by atoms with Crippen LogP contribution in [0.4, 0.5) is 0 Å². The lowest BCUT2D eigenvalue weighted by Crippen LogP contribution is -2.23. The minimum absolute atomic E-state index is 0.266. The summed E-state index contributed by atoms with van der Waals surface area (Å²) in [4.78, 5) is 15.8. The molecule has 1 aromatic heterocycles. The van der Waals surface area contributed by atoms with E-state index in [1.165, 1.54) is 6.92 Å². The third-order valence-electron chi connectivity index (χ3n) is 4.94. The second kappa shape index (κ2) is 9.79. The smallest absolute Gasteiger partial charge is 0.344 e. The number of para-hydroxylation sites is 2. The van der Waals surface area contributed by atoms with Crippen LogP contribution in [-0.2, 0) is 11.4 Å². The first-order chi connectivity index (χ1) is 15.6. The van der Waals surface area contributed by atoms with E-state index in [4.69, 9.17) is 14.6 Å². The van der Waals surface area contributed by atoms with Gasteiger partial charge in [-0.1, -0.05) is 60.7 Å². The second-order valence-electron chi connectivity index (χ2n) is 7.33. The fourth-order valence-electron chi connectivity index (χ4n) is 3.20. The molecule has 0 amide bonds. The first-order valence-corrected chi connectivity index (χ1v) is 10.3. The lowest BCUT2D eigenvalue weighted by Gasteiger charge is -2.15. The Morgan fingerprint density at radius 2 is 1.78 bits per heavy atom. The minimum atomic E-state index is -1.01. The van der Waals surface area contributed by atoms with Crippen LogP contribution >= 0.6 is 0 Å². The molecule has 0 saturated carbocycles. The number of hydrogen-bond donors (Lipinski definition) is 1. The van der Waals surface area contributed by atoms with Crippen LogP contribution in [-0.4, -0.2) is 22.2 Å². The fraction of sp³-hybridized carbons (Fsp3) is 0.111. The predicted molar refractivity (Wildman–Crippen MR) is 126 cm³/mol. The molecule has 0 fully saturated rings. The highest BCUT2D eigenvalue weighted by atomic mass is 16.5. The molecule has 0 aliphatic heterocycles. The van der Waals surface area contributed by atoms with Gasteiger partial charge < -0.3 is 14.6 Å². The van der Waals surface area contributed by atoms with Crippen molar-refractivity contribution in [3.8, 4) is 11.5 Å². The number of carboxylic acid groups (broad SMARTS) is 1. The van der Waals surface area contributed by atoms with E-state index in [-0.39, 0.29) is 6.61 Å². The molecule has 5 heteroatoms. The van der Waals surface area contributed by atoms with E-state index in [1.807, 2.05) is 78.9 Å². The van der Waals surface area contributed by atoms with Crippen LogP contribution in [0.1, 0.15) is 23.7 Å². The second-order valence-corrected chi connectivity index (χ2v) is 7.33. The fourth-order valence-corrected chi connectivity index (χ4v) is 3.20. The summed E-state index contributed by atoms with van der Waals surface area (Å²) in [6.07, 6.45) is 3.03. The van der Waals surface area contributed by atoms with Crippen LogP contribution < -0.4 is 9.47 Å². The van der Waals surface area contributed by atoms with Crippen molar-refractivity contribution in [3.63, 3.8) is 0 Å². The summed E-state index contributed by atoms with van der Waals surface area (Å²) in [6.45, 7) is 1.77. The summed E-state index contributed by atoms with van der Waals surface area (Å²) in [5, 5.41) is 10.2. The normalized spacial score (nSPS) is 12.0. The maximum Gasteiger partial charge on any atom is 0.344 e. The van der Waals surface area contributed by atoms with E-state index < -0.39 is 12.1 Å². The number of fused-ring (bicyclic) bond motifs is 1. The van der Waals surface area contributed by atoms with Crippen molar-refractivity contribution in [2.45, 2.75) is 19.6 Å². The summed E-state index contributed by atoms with van der Waals surface area (Å²) in [7, 11) is 0. The van der Waals surface area contributed by atoms with Gasteiger partial charge in [-0.25, -0.2) is 9.78 Å². The Bertz CT molecular complexity index is 1270. The number of hydrogen-bond acceptors (Lipinski definition) is 4. The number of carboxylic acids is 1. The average Bonchev–Trinajstić information content (AvgIpc) is 2.82. The maximum atomic E-state index is 11.1. The Balaban J connectivity index is 1.44. The van der Waals surface area contributed by atoms with Gasteiger partial charge in [-0.05, 0) is 48.9 Å². The molecule has 0 bridgehead atoms. The van der Waals surface area contributed by atoms with Crippen LogP contribution in [0.2, 0.25) is 0 Å². The molecule has 1 atom stereocenters. The van der Waals surface area contributed by atoms with Gasteiger partial charge in [-0.15, -0.1) is 0 Å².